The highest BCUT2D eigenvalue weighted by molar-refractivity contribution is 5.58. The van der Waals surface area contributed by atoms with Gasteiger partial charge in [-0.3, -0.25) is 4.98 Å². The number of aromatic nitrogens is 8. The lowest BCUT2D eigenvalue weighted by molar-refractivity contribution is -0.141. The third kappa shape index (κ3) is 5.79. The number of alkyl halides is 6. The third-order valence-corrected chi connectivity index (χ3v) is 4.70. The van der Waals surface area contributed by atoms with Crippen LogP contribution in [0.2, 0.25) is 0 Å². The highest BCUT2D eigenvalue weighted by Crippen LogP contribution is 2.31. The Hall–Kier alpha value is -4.21. The molecule has 4 rings (SSSR count). The van der Waals surface area contributed by atoms with Crippen molar-refractivity contribution in [2.75, 3.05) is 5.32 Å². The minimum atomic E-state index is -4.75. The molecule has 0 fully saturated rings. The Morgan fingerprint density at radius 3 is 2.19 bits per heavy atom. The molecule has 0 spiro atoms. The Bertz CT molecular complexity index is 1440. The van der Waals surface area contributed by atoms with Crippen LogP contribution in [0.5, 0.6) is 0 Å². The highest BCUT2D eigenvalue weighted by atomic mass is 19.4. The van der Waals surface area contributed by atoms with Crippen molar-refractivity contribution in [1.29, 1.82) is 0 Å². The van der Waals surface area contributed by atoms with Crippen molar-refractivity contribution in [1.82, 2.24) is 39.7 Å². The number of nitrogens with one attached hydrogen (secondary N) is 1. The van der Waals surface area contributed by atoms with Crippen LogP contribution in [-0.2, 0) is 18.0 Å². The van der Waals surface area contributed by atoms with Gasteiger partial charge < -0.3 is 10.4 Å². The van der Waals surface area contributed by atoms with Gasteiger partial charge in [0.25, 0.3) is 5.95 Å². The summed E-state index contributed by atoms with van der Waals surface area (Å²) in [6.45, 7) is 4.39. The van der Waals surface area contributed by atoms with E-state index in [2.05, 4.69) is 40.3 Å². The molecule has 194 valence electrons. The number of aryl methyl sites for hydroxylation is 1. The van der Waals surface area contributed by atoms with Crippen LogP contribution in [0.1, 0.15) is 36.9 Å². The molecule has 4 aromatic rings. The number of hydrogen-bond acceptors (Lipinski definition) is 9. The van der Waals surface area contributed by atoms with Gasteiger partial charge in [-0.05, 0) is 45.0 Å². The van der Waals surface area contributed by atoms with Crippen LogP contribution in [0.15, 0.2) is 36.5 Å². The van der Waals surface area contributed by atoms with Crippen molar-refractivity contribution >= 4 is 11.6 Å². The SMILES string of the molecule is Cc1nc(C(C)(C)O)nn1-c1nc(Nc2ccnc(C(F)(F)F)c2)nc(-c2cccc(C(F)(F)F)n2)n1. The van der Waals surface area contributed by atoms with E-state index in [1.165, 1.54) is 32.9 Å². The molecule has 2 N–H and O–H groups in total. The molecule has 0 unspecified atom stereocenters. The number of rotatable bonds is 5. The summed E-state index contributed by atoms with van der Waals surface area (Å²) < 4.78 is 80.0. The number of halogens is 6. The molecule has 10 nitrogen and oxygen atoms in total. The Labute approximate surface area is 204 Å². The monoisotopic (exact) mass is 525 g/mol. The molecule has 4 heterocycles. The molecule has 0 aromatic carbocycles. The zero-order valence-electron chi connectivity index (χ0n) is 19.3. The van der Waals surface area contributed by atoms with E-state index in [9.17, 15) is 31.4 Å². The maximum atomic E-state index is 13.2. The topological polar surface area (TPSA) is 127 Å². The van der Waals surface area contributed by atoms with Crippen LogP contribution in [0.3, 0.4) is 0 Å². The standard InChI is InChI=1S/C21H17F6N9O/c1-10-29-16(19(2,3)37)35-36(10)18-33-15(12-5-4-6-13(31-12)20(22,23)24)32-17(34-18)30-11-7-8-28-14(9-11)21(25,26)27/h4-9,37H,1-3H3,(H,28,30,32,33,34). The molecule has 0 saturated heterocycles. The number of aliphatic hydroxyl groups is 1. The average molecular weight is 525 g/mol. The van der Waals surface area contributed by atoms with Gasteiger partial charge in [0.2, 0.25) is 5.95 Å². The smallest absolute Gasteiger partial charge is 0.382 e. The van der Waals surface area contributed by atoms with E-state index in [4.69, 9.17) is 0 Å². The fraction of sp³-hybridized carbons (Fsp3) is 0.286. The van der Waals surface area contributed by atoms with Crippen LogP contribution in [0.25, 0.3) is 17.5 Å². The van der Waals surface area contributed by atoms with Crippen molar-refractivity contribution in [3.05, 3.63) is 59.6 Å². The second kappa shape index (κ2) is 9.02. The van der Waals surface area contributed by atoms with Crippen LogP contribution in [-0.4, -0.2) is 44.8 Å². The normalized spacial score (nSPS) is 12.6. The first-order valence-corrected chi connectivity index (χ1v) is 10.4. The van der Waals surface area contributed by atoms with Crippen molar-refractivity contribution in [2.24, 2.45) is 0 Å². The summed E-state index contributed by atoms with van der Waals surface area (Å²) in [4.78, 5) is 23.3. The van der Waals surface area contributed by atoms with E-state index in [0.717, 1.165) is 23.0 Å². The first kappa shape index (κ1) is 25.9. The first-order chi connectivity index (χ1) is 17.1. The zero-order valence-corrected chi connectivity index (χ0v) is 19.3. The van der Waals surface area contributed by atoms with E-state index >= 15 is 0 Å². The number of anilines is 2. The molecule has 0 saturated carbocycles. The Morgan fingerprint density at radius 1 is 0.865 bits per heavy atom. The zero-order chi connectivity index (χ0) is 27.2. The summed E-state index contributed by atoms with van der Waals surface area (Å²) in [7, 11) is 0. The van der Waals surface area contributed by atoms with Crippen LogP contribution < -0.4 is 5.32 Å². The molecule has 16 heteroatoms. The van der Waals surface area contributed by atoms with E-state index < -0.39 is 29.3 Å². The minimum absolute atomic E-state index is 0.00242. The molecule has 0 amide bonds. The fourth-order valence-electron chi connectivity index (χ4n) is 2.98. The molecule has 37 heavy (non-hydrogen) atoms. The molecular weight excluding hydrogens is 508 g/mol. The van der Waals surface area contributed by atoms with Crippen molar-refractivity contribution in [3.63, 3.8) is 0 Å². The Kier molecular flexibility index (Phi) is 6.31. The van der Waals surface area contributed by atoms with Gasteiger partial charge in [0.05, 0.1) is 0 Å². The van der Waals surface area contributed by atoms with Gasteiger partial charge >= 0.3 is 12.4 Å². The predicted octanol–water partition coefficient (Wildman–Crippen LogP) is 4.23. The van der Waals surface area contributed by atoms with E-state index in [0.29, 0.717) is 6.07 Å². The molecule has 0 atom stereocenters. The molecule has 0 bridgehead atoms. The van der Waals surface area contributed by atoms with Gasteiger partial charge in [0.15, 0.2) is 11.6 Å². The van der Waals surface area contributed by atoms with Gasteiger partial charge in [-0.15, -0.1) is 5.10 Å². The second-order valence-corrected chi connectivity index (χ2v) is 8.19. The predicted molar refractivity (Wildman–Crippen MR) is 115 cm³/mol. The average Bonchev–Trinajstić information content (AvgIpc) is 3.20. The van der Waals surface area contributed by atoms with Crippen LogP contribution in [0.4, 0.5) is 38.0 Å². The lowest BCUT2D eigenvalue weighted by atomic mass is 10.1. The van der Waals surface area contributed by atoms with Gasteiger partial charge in [0.1, 0.15) is 28.5 Å². The summed E-state index contributed by atoms with van der Waals surface area (Å²) >= 11 is 0. The Morgan fingerprint density at radius 2 is 1.57 bits per heavy atom. The quantitative estimate of drug-likeness (QED) is 0.368. The molecule has 4 aromatic heterocycles. The van der Waals surface area contributed by atoms with Crippen molar-refractivity contribution in [2.45, 2.75) is 38.7 Å². The van der Waals surface area contributed by atoms with Gasteiger partial charge in [0, 0.05) is 11.9 Å². The number of hydrogen-bond donors (Lipinski definition) is 2. The molecule has 0 radical (unpaired) electrons. The minimum Gasteiger partial charge on any atom is -0.382 e. The Balaban J connectivity index is 1.85. The summed E-state index contributed by atoms with van der Waals surface area (Å²) in [5.41, 5.74) is -4.22. The first-order valence-electron chi connectivity index (χ1n) is 10.4. The van der Waals surface area contributed by atoms with E-state index in [1.54, 1.807) is 0 Å². The lowest BCUT2D eigenvalue weighted by Crippen LogP contribution is -2.18. The summed E-state index contributed by atoms with van der Waals surface area (Å²) in [6.07, 6.45) is -8.55. The van der Waals surface area contributed by atoms with Crippen molar-refractivity contribution < 1.29 is 31.4 Å². The molecule has 0 aliphatic rings. The maximum Gasteiger partial charge on any atom is 0.433 e. The van der Waals surface area contributed by atoms with Crippen LogP contribution in [0, 0.1) is 6.92 Å². The lowest BCUT2D eigenvalue weighted by Gasteiger charge is -2.12. The number of pyridine rings is 2. The number of nitrogens with zero attached hydrogens (tertiary/aromatic N) is 8. The summed E-state index contributed by atoms with van der Waals surface area (Å²) in [6, 6.07) is 5.01. The maximum absolute atomic E-state index is 13.2. The van der Waals surface area contributed by atoms with Crippen LogP contribution >= 0.6 is 0 Å². The highest BCUT2D eigenvalue weighted by Gasteiger charge is 2.34. The summed E-state index contributed by atoms with van der Waals surface area (Å²) in [5.74, 6) is -0.679. The third-order valence-electron chi connectivity index (χ3n) is 4.70. The van der Waals surface area contributed by atoms with E-state index in [-0.39, 0.29) is 40.8 Å². The summed E-state index contributed by atoms with van der Waals surface area (Å²) in [5, 5.41) is 17.0. The molecular formula is C21H17F6N9O. The van der Waals surface area contributed by atoms with Crippen molar-refractivity contribution in [3.8, 4) is 17.5 Å². The van der Waals surface area contributed by atoms with Gasteiger partial charge in [-0.2, -0.15) is 46.0 Å². The van der Waals surface area contributed by atoms with Gasteiger partial charge in [-0.1, -0.05) is 6.07 Å². The second-order valence-electron chi connectivity index (χ2n) is 8.19. The van der Waals surface area contributed by atoms with Gasteiger partial charge in [-0.25, -0.2) is 9.97 Å². The largest absolute Gasteiger partial charge is 0.433 e. The molecule has 0 aliphatic carbocycles. The fourth-order valence-corrected chi connectivity index (χ4v) is 2.98. The van der Waals surface area contributed by atoms with E-state index in [1.807, 2.05) is 0 Å². The molecule has 0 aliphatic heterocycles.